The summed E-state index contributed by atoms with van der Waals surface area (Å²) in [5.41, 5.74) is 0. The summed E-state index contributed by atoms with van der Waals surface area (Å²) < 4.78 is 5.47. The predicted molar refractivity (Wildman–Crippen MR) is 65.1 cm³/mol. The summed E-state index contributed by atoms with van der Waals surface area (Å²) in [7, 11) is 1.86. The monoisotopic (exact) mass is 258 g/mol. The average molecular weight is 259 g/mol. The number of benzene rings is 1. The highest BCUT2D eigenvalue weighted by Crippen LogP contribution is 2.27. The number of rotatable bonds is 5. The SMILES string of the molecule is CN(CC#N)CCOc1ccc(Cl)cc1Cl. The molecule has 0 aliphatic carbocycles. The first-order valence-corrected chi connectivity index (χ1v) is 5.52. The fourth-order valence-electron chi connectivity index (χ4n) is 1.10. The molecule has 0 radical (unpaired) electrons. The van der Waals surface area contributed by atoms with Crippen LogP contribution in [0.15, 0.2) is 18.2 Å². The van der Waals surface area contributed by atoms with Crippen molar-refractivity contribution in [1.82, 2.24) is 4.90 Å². The molecule has 0 aliphatic heterocycles. The van der Waals surface area contributed by atoms with E-state index in [1.165, 1.54) is 0 Å². The number of halogens is 2. The highest BCUT2D eigenvalue weighted by molar-refractivity contribution is 6.35. The van der Waals surface area contributed by atoms with Crippen LogP contribution in [0.5, 0.6) is 5.75 Å². The third kappa shape index (κ3) is 4.28. The molecule has 0 saturated heterocycles. The van der Waals surface area contributed by atoms with Gasteiger partial charge in [-0.25, -0.2) is 0 Å². The van der Waals surface area contributed by atoms with Crippen LogP contribution in [0.3, 0.4) is 0 Å². The molecular weight excluding hydrogens is 247 g/mol. The number of hydrogen-bond acceptors (Lipinski definition) is 3. The molecule has 0 bridgehead atoms. The van der Waals surface area contributed by atoms with Gasteiger partial charge in [0.25, 0.3) is 0 Å². The Bertz CT molecular complexity index is 390. The Morgan fingerprint density at radius 1 is 1.44 bits per heavy atom. The van der Waals surface area contributed by atoms with E-state index in [2.05, 4.69) is 6.07 Å². The van der Waals surface area contributed by atoms with Crippen LogP contribution in [-0.2, 0) is 0 Å². The number of hydrogen-bond donors (Lipinski definition) is 0. The maximum absolute atomic E-state index is 8.46. The predicted octanol–water partition coefficient (Wildman–Crippen LogP) is 2.83. The van der Waals surface area contributed by atoms with Crippen molar-refractivity contribution in [2.24, 2.45) is 0 Å². The van der Waals surface area contributed by atoms with E-state index in [-0.39, 0.29) is 0 Å². The first-order valence-electron chi connectivity index (χ1n) is 4.77. The number of nitrogens with zero attached hydrogens (tertiary/aromatic N) is 2. The summed E-state index contributed by atoms with van der Waals surface area (Å²) in [5.74, 6) is 0.608. The molecule has 3 nitrogen and oxygen atoms in total. The van der Waals surface area contributed by atoms with Crippen molar-refractivity contribution in [1.29, 1.82) is 5.26 Å². The second-order valence-corrected chi connectivity index (χ2v) is 4.16. The summed E-state index contributed by atoms with van der Waals surface area (Å²) in [5, 5.41) is 9.54. The van der Waals surface area contributed by atoms with Crippen LogP contribution < -0.4 is 4.74 Å². The normalized spacial score (nSPS) is 10.2. The molecule has 1 rings (SSSR count). The van der Waals surface area contributed by atoms with Gasteiger partial charge >= 0.3 is 0 Å². The lowest BCUT2D eigenvalue weighted by Gasteiger charge is -2.13. The number of nitriles is 1. The summed E-state index contributed by atoms with van der Waals surface area (Å²) in [6.07, 6.45) is 0. The Labute approximate surface area is 105 Å². The standard InChI is InChI=1S/C11H12Cl2N2O/c1-15(5-4-14)6-7-16-11-3-2-9(12)8-10(11)13/h2-3,8H,5-7H2,1H3. The van der Waals surface area contributed by atoms with Crippen molar-refractivity contribution in [3.05, 3.63) is 28.2 Å². The smallest absolute Gasteiger partial charge is 0.138 e. The van der Waals surface area contributed by atoms with E-state index >= 15 is 0 Å². The first-order chi connectivity index (χ1) is 7.63. The molecule has 1 aromatic carbocycles. The van der Waals surface area contributed by atoms with Crippen molar-refractivity contribution in [3.8, 4) is 11.8 Å². The zero-order chi connectivity index (χ0) is 12.0. The molecule has 86 valence electrons. The van der Waals surface area contributed by atoms with Gasteiger partial charge in [-0.3, -0.25) is 4.90 Å². The molecule has 0 saturated carbocycles. The molecule has 0 aromatic heterocycles. The third-order valence-corrected chi connectivity index (χ3v) is 2.50. The molecule has 0 unspecified atom stereocenters. The van der Waals surface area contributed by atoms with Gasteiger partial charge in [0.15, 0.2) is 0 Å². The topological polar surface area (TPSA) is 36.3 Å². The molecule has 0 amide bonds. The molecular formula is C11H12Cl2N2O. The van der Waals surface area contributed by atoms with E-state index < -0.39 is 0 Å². The second kappa shape index (κ2) is 6.59. The van der Waals surface area contributed by atoms with E-state index in [0.29, 0.717) is 35.5 Å². The number of likely N-dealkylation sites (N-methyl/N-ethyl adjacent to an activating group) is 1. The van der Waals surface area contributed by atoms with Crippen molar-refractivity contribution in [3.63, 3.8) is 0 Å². The molecule has 0 heterocycles. The molecule has 1 aromatic rings. The minimum atomic E-state index is 0.387. The molecule has 5 heteroatoms. The lowest BCUT2D eigenvalue weighted by atomic mass is 10.3. The highest BCUT2D eigenvalue weighted by atomic mass is 35.5. The van der Waals surface area contributed by atoms with Gasteiger partial charge in [-0.15, -0.1) is 0 Å². The van der Waals surface area contributed by atoms with Crippen molar-refractivity contribution < 1.29 is 4.74 Å². The van der Waals surface area contributed by atoms with Gasteiger partial charge < -0.3 is 4.74 Å². The van der Waals surface area contributed by atoms with Gasteiger partial charge in [-0.2, -0.15) is 5.26 Å². The van der Waals surface area contributed by atoms with Crippen molar-refractivity contribution in [2.45, 2.75) is 0 Å². The lowest BCUT2D eigenvalue weighted by molar-refractivity contribution is 0.251. The van der Waals surface area contributed by atoms with Gasteiger partial charge in [-0.05, 0) is 25.2 Å². The van der Waals surface area contributed by atoms with Crippen LogP contribution in [0.4, 0.5) is 0 Å². The highest BCUT2D eigenvalue weighted by Gasteiger charge is 2.03. The fraction of sp³-hybridized carbons (Fsp3) is 0.364. The molecule has 0 N–H and O–H groups in total. The zero-order valence-electron chi connectivity index (χ0n) is 8.91. The van der Waals surface area contributed by atoms with E-state index in [9.17, 15) is 0 Å². The van der Waals surface area contributed by atoms with Crippen LogP contribution in [0.1, 0.15) is 0 Å². The van der Waals surface area contributed by atoms with Gasteiger partial charge in [0, 0.05) is 11.6 Å². The minimum absolute atomic E-state index is 0.387. The van der Waals surface area contributed by atoms with Crippen LogP contribution in [-0.4, -0.2) is 31.6 Å². The molecule has 16 heavy (non-hydrogen) atoms. The Hall–Kier alpha value is -0.950. The van der Waals surface area contributed by atoms with E-state index in [1.54, 1.807) is 18.2 Å². The van der Waals surface area contributed by atoms with Crippen LogP contribution in [0, 0.1) is 11.3 Å². The number of ether oxygens (including phenoxy) is 1. The van der Waals surface area contributed by atoms with Crippen molar-refractivity contribution >= 4 is 23.2 Å². The fourth-order valence-corrected chi connectivity index (χ4v) is 1.57. The Kier molecular flexibility index (Phi) is 5.41. The Balaban J connectivity index is 2.41. The molecule has 0 fully saturated rings. The minimum Gasteiger partial charge on any atom is -0.491 e. The third-order valence-electron chi connectivity index (χ3n) is 1.97. The molecule has 0 spiro atoms. The zero-order valence-corrected chi connectivity index (χ0v) is 10.4. The molecule has 0 atom stereocenters. The lowest BCUT2D eigenvalue weighted by Crippen LogP contribution is -2.24. The molecule has 0 aliphatic rings. The summed E-state index contributed by atoms with van der Waals surface area (Å²) in [6, 6.07) is 7.15. The van der Waals surface area contributed by atoms with Crippen molar-refractivity contribution in [2.75, 3.05) is 26.7 Å². The summed E-state index contributed by atoms with van der Waals surface area (Å²) >= 11 is 11.7. The van der Waals surface area contributed by atoms with Crippen LogP contribution in [0.25, 0.3) is 0 Å². The van der Waals surface area contributed by atoms with Gasteiger partial charge in [-0.1, -0.05) is 23.2 Å². The van der Waals surface area contributed by atoms with Gasteiger partial charge in [0.2, 0.25) is 0 Å². The maximum atomic E-state index is 8.46. The van der Waals surface area contributed by atoms with Gasteiger partial charge in [0.1, 0.15) is 12.4 Å². The second-order valence-electron chi connectivity index (χ2n) is 3.32. The Morgan fingerprint density at radius 2 is 2.19 bits per heavy atom. The van der Waals surface area contributed by atoms with Crippen LogP contribution in [0.2, 0.25) is 10.0 Å². The van der Waals surface area contributed by atoms with E-state index in [1.807, 2.05) is 11.9 Å². The average Bonchev–Trinajstić information content (AvgIpc) is 2.22. The van der Waals surface area contributed by atoms with Crippen LogP contribution >= 0.6 is 23.2 Å². The van der Waals surface area contributed by atoms with E-state index in [4.69, 9.17) is 33.2 Å². The van der Waals surface area contributed by atoms with E-state index in [0.717, 1.165) is 0 Å². The first kappa shape index (κ1) is 13.1. The van der Waals surface area contributed by atoms with Gasteiger partial charge in [0.05, 0.1) is 17.6 Å². The largest absolute Gasteiger partial charge is 0.491 e. The Morgan fingerprint density at radius 3 is 2.81 bits per heavy atom. The summed E-state index contributed by atoms with van der Waals surface area (Å²) in [4.78, 5) is 1.86. The maximum Gasteiger partial charge on any atom is 0.138 e. The summed E-state index contributed by atoms with van der Waals surface area (Å²) in [6.45, 7) is 1.55. The quantitative estimate of drug-likeness (QED) is 0.763.